The van der Waals surface area contributed by atoms with Gasteiger partial charge < -0.3 is 20.3 Å². The number of carbonyl (C=O) groups is 2. The fraction of sp³-hybridized carbons (Fsp3) is 0.263. The monoisotopic (exact) mass is 359 g/mol. The van der Waals surface area contributed by atoms with Crippen molar-refractivity contribution < 1.29 is 18.7 Å². The number of halogens is 1. The molecular formula is C19H22FN3O3. The molecule has 0 saturated carbocycles. The molecule has 2 aromatic rings. The summed E-state index contributed by atoms with van der Waals surface area (Å²) in [6.07, 6.45) is 0. The van der Waals surface area contributed by atoms with Crippen LogP contribution in [-0.4, -0.2) is 37.1 Å². The van der Waals surface area contributed by atoms with Gasteiger partial charge in [0.05, 0.1) is 0 Å². The van der Waals surface area contributed by atoms with Crippen molar-refractivity contribution in [1.82, 2.24) is 4.90 Å². The number of rotatable bonds is 7. The summed E-state index contributed by atoms with van der Waals surface area (Å²) in [4.78, 5) is 25.6. The van der Waals surface area contributed by atoms with Crippen molar-refractivity contribution in [2.75, 3.05) is 30.9 Å². The third-order valence-corrected chi connectivity index (χ3v) is 3.60. The Bertz CT molecular complexity index is 767. The zero-order chi connectivity index (χ0) is 18.9. The van der Waals surface area contributed by atoms with Gasteiger partial charge in [-0.1, -0.05) is 18.2 Å². The first-order chi connectivity index (χ1) is 12.5. The number of urea groups is 1. The third-order valence-electron chi connectivity index (χ3n) is 3.60. The van der Waals surface area contributed by atoms with Crippen LogP contribution < -0.4 is 10.6 Å². The van der Waals surface area contributed by atoms with E-state index in [9.17, 15) is 14.0 Å². The van der Waals surface area contributed by atoms with Crippen LogP contribution >= 0.6 is 0 Å². The van der Waals surface area contributed by atoms with Crippen LogP contribution in [0.25, 0.3) is 0 Å². The molecule has 26 heavy (non-hydrogen) atoms. The molecule has 0 spiro atoms. The molecule has 138 valence electrons. The first-order valence-electron chi connectivity index (χ1n) is 8.21. The molecule has 0 atom stereocenters. The van der Waals surface area contributed by atoms with Crippen LogP contribution in [0.1, 0.15) is 12.5 Å². The van der Waals surface area contributed by atoms with Crippen molar-refractivity contribution in [1.29, 1.82) is 0 Å². The van der Waals surface area contributed by atoms with Crippen LogP contribution in [0.5, 0.6) is 0 Å². The van der Waals surface area contributed by atoms with E-state index in [2.05, 4.69) is 10.6 Å². The minimum absolute atomic E-state index is 0.0478. The standard InChI is InChI=1S/C19H22FN3O3/c1-3-23(12-14-6-4-7-15(20)10-14)19(25)22-17-9-5-8-16(11-17)21-18(24)13-26-2/h4-11H,3,12-13H2,1-2H3,(H,21,24)(H,22,25). The minimum Gasteiger partial charge on any atom is -0.375 e. The Morgan fingerprint density at radius 3 is 2.42 bits per heavy atom. The van der Waals surface area contributed by atoms with E-state index in [1.165, 1.54) is 19.2 Å². The second-order valence-corrected chi connectivity index (χ2v) is 5.64. The van der Waals surface area contributed by atoms with Crippen molar-refractivity contribution in [3.8, 4) is 0 Å². The lowest BCUT2D eigenvalue weighted by Gasteiger charge is -2.21. The maximum Gasteiger partial charge on any atom is 0.322 e. The first-order valence-corrected chi connectivity index (χ1v) is 8.21. The van der Waals surface area contributed by atoms with Crippen molar-refractivity contribution in [2.45, 2.75) is 13.5 Å². The van der Waals surface area contributed by atoms with E-state index >= 15 is 0 Å². The molecule has 0 aromatic heterocycles. The number of ether oxygens (including phenoxy) is 1. The zero-order valence-electron chi connectivity index (χ0n) is 14.8. The van der Waals surface area contributed by atoms with E-state index < -0.39 is 0 Å². The Kier molecular flexibility index (Phi) is 7.11. The Morgan fingerprint density at radius 2 is 1.77 bits per heavy atom. The number of hydrogen-bond acceptors (Lipinski definition) is 3. The predicted octanol–water partition coefficient (Wildman–Crippen LogP) is 3.46. The van der Waals surface area contributed by atoms with Gasteiger partial charge in [-0.15, -0.1) is 0 Å². The van der Waals surface area contributed by atoms with Crippen LogP contribution in [-0.2, 0) is 16.1 Å². The molecule has 0 aliphatic rings. The summed E-state index contributed by atoms with van der Waals surface area (Å²) in [5, 5.41) is 5.46. The lowest BCUT2D eigenvalue weighted by molar-refractivity contribution is -0.119. The van der Waals surface area contributed by atoms with E-state index in [1.54, 1.807) is 41.3 Å². The number of methoxy groups -OCH3 is 1. The molecule has 0 radical (unpaired) electrons. The lowest BCUT2D eigenvalue weighted by Crippen LogP contribution is -2.34. The highest BCUT2D eigenvalue weighted by atomic mass is 19.1. The van der Waals surface area contributed by atoms with Gasteiger partial charge in [-0.05, 0) is 42.8 Å². The van der Waals surface area contributed by atoms with E-state index in [0.29, 0.717) is 30.0 Å². The summed E-state index contributed by atoms with van der Waals surface area (Å²) >= 11 is 0. The van der Waals surface area contributed by atoms with Gasteiger partial charge in [0.2, 0.25) is 5.91 Å². The summed E-state index contributed by atoms with van der Waals surface area (Å²) in [7, 11) is 1.44. The molecule has 0 bridgehead atoms. The van der Waals surface area contributed by atoms with Gasteiger partial charge in [-0.25, -0.2) is 9.18 Å². The van der Waals surface area contributed by atoms with Gasteiger partial charge in [0.1, 0.15) is 12.4 Å². The number of anilines is 2. The molecule has 3 amide bonds. The summed E-state index contributed by atoms with van der Waals surface area (Å²) < 4.78 is 18.1. The van der Waals surface area contributed by atoms with Gasteiger partial charge in [0.25, 0.3) is 0 Å². The number of nitrogens with one attached hydrogen (secondary N) is 2. The van der Waals surface area contributed by atoms with Crippen LogP contribution in [0.15, 0.2) is 48.5 Å². The van der Waals surface area contributed by atoms with Crippen molar-refractivity contribution in [3.63, 3.8) is 0 Å². The predicted molar refractivity (Wildman–Crippen MR) is 98.5 cm³/mol. The largest absolute Gasteiger partial charge is 0.375 e. The number of benzene rings is 2. The molecule has 0 aliphatic carbocycles. The van der Waals surface area contributed by atoms with Crippen LogP contribution in [0.3, 0.4) is 0 Å². The Morgan fingerprint density at radius 1 is 1.08 bits per heavy atom. The first kappa shape index (κ1) is 19.4. The topological polar surface area (TPSA) is 70.7 Å². The average Bonchev–Trinajstić information content (AvgIpc) is 2.60. The van der Waals surface area contributed by atoms with Crippen molar-refractivity contribution in [2.24, 2.45) is 0 Å². The second kappa shape index (κ2) is 9.53. The fourth-order valence-corrected chi connectivity index (χ4v) is 2.39. The van der Waals surface area contributed by atoms with E-state index in [0.717, 1.165) is 0 Å². The highest BCUT2D eigenvalue weighted by Crippen LogP contribution is 2.16. The molecular weight excluding hydrogens is 337 g/mol. The van der Waals surface area contributed by atoms with E-state index in [-0.39, 0.29) is 24.4 Å². The Balaban J connectivity index is 2.01. The molecule has 2 N–H and O–H groups in total. The normalized spacial score (nSPS) is 10.3. The molecule has 0 unspecified atom stereocenters. The molecule has 7 heteroatoms. The second-order valence-electron chi connectivity index (χ2n) is 5.64. The molecule has 6 nitrogen and oxygen atoms in total. The highest BCUT2D eigenvalue weighted by molar-refractivity contribution is 5.94. The highest BCUT2D eigenvalue weighted by Gasteiger charge is 2.13. The fourth-order valence-electron chi connectivity index (χ4n) is 2.39. The number of nitrogens with zero attached hydrogens (tertiary/aromatic N) is 1. The van der Waals surface area contributed by atoms with Gasteiger partial charge in [-0.3, -0.25) is 4.79 Å². The van der Waals surface area contributed by atoms with Crippen LogP contribution in [0.4, 0.5) is 20.6 Å². The quantitative estimate of drug-likeness (QED) is 0.795. The molecule has 0 heterocycles. The summed E-state index contributed by atoms with van der Waals surface area (Å²) in [5.74, 6) is -0.615. The molecule has 0 aliphatic heterocycles. The van der Waals surface area contributed by atoms with Gasteiger partial charge >= 0.3 is 6.03 Å². The molecule has 0 fully saturated rings. The number of carbonyl (C=O) groups excluding carboxylic acids is 2. The van der Waals surface area contributed by atoms with Crippen molar-refractivity contribution >= 4 is 23.3 Å². The van der Waals surface area contributed by atoms with Crippen LogP contribution in [0.2, 0.25) is 0 Å². The van der Waals surface area contributed by atoms with Gasteiger partial charge in [-0.2, -0.15) is 0 Å². The summed E-state index contributed by atoms with van der Waals surface area (Å²) in [6.45, 7) is 2.56. The Labute approximate surface area is 152 Å². The lowest BCUT2D eigenvalue weighted by atomic mass is 10.2. The van der Waals surface area contributed by atoms with Crippen molar-refractivity contribution in [3.05, 3.63) is 59.9 Å². The molecule has 2 rings (SSSR count). The SMILES string of the molecule is CCN(Cc1cccc(F)c1)C(=O)Nc1cccc(NC(=O)COC)c1. The zero-order valence-corrected chi connectivity index (χ0v) is 14.8. The number of hydrogen-bond donors (Lipinski definition) is 2. The number of amides is 3. The Hall–Kier alpha value is -2.93. The molecule has 0 saturated heterocycles. The maximum absolute atomic E-state index is 13.3. The summed E-state index contributed by atoms with van der Waals surface area (Å²) in [6, 6.07) is 12.7. The summed E-state index contributed by atoms with van der Waals surface area (Å²) in [5.41, 5.74) is 1.81. The smallest absolute Gasteiger partial charge is 0.322 e. The van der Waals surface area contributed by atoms with E-state index in [4.69, 9.17) is 4.74 Å². The van der Waals surface area contributed by atoms with Gasteiger partial charge in [0.15, 0.2) is 0 Å². The average molecular weight is 359 g/mol. The maximum atomic E-state index is 13.3. The minimum atomic E-state index is -0.335. The third kappa shape index (κ3) is 5.86. The van der Waals surface area contributed by atoms with E-state index in [1.807, 2.05) is 6.92 Å². The molecule has 2 aromatic carbocycles. The van der Waals surface area contributed by atoms with Crippen LogP contribution in [0, 0.1) is 5.82 Å². The van der Waals surface area contributed by atoms with Gasteiger partial charge in [0, 0.05) is 31.6 Å².